The number of rotatable bonds is 7. The molecule has 0 spiro atoms. The van der Waals surface area contributed by atoms with Gasteiger partial charge in [0.25, 0.3) is 0 Å². The first kappa shape index (κ1) is 21.4. The van der Waals surface area contributed by atoms with E-state index in [1.165, 1.54) is 38.8 Å². The molecule has 0 aromatic heterocycles. The molecule has 3 aliphatic heterocycles. The average Bonchev–Trinajstić information content (AvgIpc) is 2.79. The van der Waals surface area contributed by atoms with Crippen molar-refractivity contribution in [1.29, 1.82) is 0 Å². The number of piperidine rings is 3. The Hall–Kier alpha value is -1.88. The third kappa shape index (κ3) is 4.72. The van der Waals surface area contributed by atoms with Crippen molar-refractivity contribution in [2.45, 2.75) is 76.9 Å². The van der Waals surface area contributed by atoms with Gasteiger partial charge < -0.3 is 10.2 Å². The van der Waals surface area contributed by atoms with Gasteiger partial charge >= 0.3 is 0 Å². The molecular weight excluding hydrogens is 374 g/mol. The van der Waals surface area contributed by atoms with E-state index < -0.39 is 0 Å². The molecule has 3 saturated heterocycles. The number of benzene rings is 1. The molecule has 5 nitrogen and oxygen atoms in total. The minimum Gasteiger partial charge on any atom is -0.352 e. The molecular formula is C25H37N3O2. The lowest BCUT2D eigenvalue weighted by Crippen LogP contribution is -2.65. The molecule has 0 bridgehead atoms. The van der Waals surface area contributed by atoms with Gasteiger partial charge in [0.1, 0.15) is 0 Å². The van der Waals surface area contributed by atoms with E-state index in [2.05, 4.69) is 15.1 Å². The molecule has 1 N–H and O–H groups in total. The molecule has 30 heavy (non-hydrogen) atoms. The first-order valence-corrected chi connectivity index (χ1v) is 12.0. The highest BCUT2D eigenvalue weighted by Gasteiger charge is 2.49. The SMILES string of the molecule is CCC(=O)N1C[C@@H]2CCCN3CCC[C@@H]([C@H]23)[C@H]1CCCC(=O)NCc1ccccc1. The molecule has 2 amide bonds. The van der Waals surface area contributed by atoms with E-state index in [0.29, 0.717) is 49.2 Å². The Balaban J connectivity index is 1.35. The van der Waals surface area contributed by atoms with E-state index in [9.17, 15) is 9.59 Å². The van der Waals surface area contributed by atoms with Crippen LogP contribution in [-0.2, 0) is 16.1 Å². The number of carbonyl (C=O) groups is 2. The summed E-state index contributed by atoms with van der Waals surface area (Å²) in [4.78, 5) is 30.1. The third-order valence-electron chi connectivity index (χ3n) is 7.53. The summed E-state index contributed by atoms with van der Waals surface area (Å²) >= 11 is 0. The molecule has 0 aliphatic carbocycles. The van der Waals surface area contributed by atoms with Crippen molar-refractivity contribution in [3.8, 4) is 0 Å². The van der Waals surface area contributed by atoms with Crippen LogP contribution in [0.5, 0.6) is 0 Å². The lowest BCUT2D eigenvalue weighted by molar-refractivity contribution is -0.146. The van der Waals surface area contributed by atoms with Gasteiger partial charge in [0, 0.05) is 38.0 Å². The van der Waals surface area contributed by atoms with Crippen molar-refractivity contribution in [1.82, 2.24) is 15.1 Å². The lowest BCUT2D eigenvalue weighted by Gasteiger charge is -2.57. The highest BCUT2D eigenvalue weighted by atomic mass is 16.2. The van der Waals surface area contributed by atoms with Gasteiger partial charge in [-0.25, -0.2) is 0 Å². The van der Waals surface area contributed by atoms with Crippen molar-refractivity contribution in [3.05, 3.63) is 35.9 Å². The Kier molecular flexibility index (Phi) is 7.08. The van der Waals surface area contributed by atoms with Gasteiger partial charge in [-0.2, -0.15) is 0 Å². The van der Waals surface area contributed by atoms with Gasteiger partial charge in [-0.1, -0.05) is 37.3 Å². The number of nitrogens with zero attached hydrogens (tertiary/aromatic N) is 2. The molecule has 164 valence electrons. The zero-order valence-corrected chi connectivity index (χ0v) is 18.4. The largest absolute Gasteiger partial charge is 0.352 e. The van der Waals surface area contributed by atoms with Crippen molar-refractivity contribution in [2.75, 3.05) is 19.6 Å². The molecule has 4 rings (SSSR count). The molecule has 0 unspecified atom stereocenters. The fraction of sp³-hybridized carbons (Fsp3) is 0.680. The van der Waals surface area contributed by atoms with Crippen LogP contribution in [0.1, 0.15) is 63.9 Å². The topological polar surface area (TPSA) is 52.7 Å². The summed E-state index contributed by atoms with van der Waals surface area (Å²) in [6.45, 7) is 5.96. The molecule has 3 heterocycles. The van der Waals surface area contributed by atoms with Gasteiger partial charge in [0.05, 0.1) is 0 Å². The van der Waals surface area contributed by atoms with Crippen LogP contribution >= 0.6 is 0 Å². The van der Waals surface area contributed by atoms with Crippen molar-refractivity contribution in [3.63, 3.8) is 0 Å². The fourth-order valence-corrected chi connectivity index (χ4v) is 6.21. The van der Waals surface area contributed by atoms with E-state index in [4.69, 9.17) is 0 Å². The zero-order chi connectivity index (χ0) is 20.9. The van der Waals surface area contributed by atoms with Crippen molar-refractivity contribution < 1.29 is 9.59 Å². The predicted molar refractivity (Wildman–Crippen MR) is 119 cm³/mol. The zero-order valence-electron chi connectivity index (χ0n) is 18.4. The maximum Gasteiger partial charge on any atom is 0.222 e. The quantitative estimate of drug-likeness (QED) is 0.746. The maximum absolute atomic E-state index is 12.8. The van der Waals surface area contributed by atoms with Crippen LogP contribution in [-0.4, -0.2) is 53.3 Å². The molecule has 3 aliphatic rings. The second-order valence-electron chi connectivity index (χ2n) is 9.36. The summed E-state index contributed by atoms with van der Waals surface area (Å²) < 4.78 is 0. The van der Waals surface area contributed by atoms with Gasteiger partial charge in [-0.05, 0) is 69.0 Å². The van der Waals surface area contributed by atoms with Gasteiger partial charge in [-0.15, -0.1) is 0 Å². The molecule has 3 fully saturated rings. The minimum atomic E-state index is 0.115. The van der Waals surface area contributed by atoms with Crippen LogP contribution in [0.4, 0.5) is 0 Å². The van der Waals surface area contributed by atoms with Crippen molar-refractivity contribution in [2.24, 2.45) is 11.8 Å². The molecule has 0 radical (unpaired) electrons. The Bertz CT molecular complexity index is 720. The molecule has 1 aromatic carbocycles. The van der Waals surface area contributed by atoms with Crippen LogP contribution in [0.25, 0.3) is 0 Å². The average molecular weight is 412 g/mol. The number of hydrogen-bond acceptors (Lipinski definition) is 3. The van der Waals surface area contributed by atoms with Crippen LogP contribution in [0.2, 0.25) is 0 Å². The second kappa shape index (κ2) is 9.95. The van der Waals surface area contributed by atoms with E-state index in [-0.39, 0.29) is 5.91 Å². The first-order chi connectivity index (χ1) is 14.7. The number of amides is 2. The van der Waals surface area contributed by atoms with E-state index in [1.54, 1.807) is 0 Å². The Morgan fingerprint density at radius 2 is 1.87 bits per heavy atom. The minimum absolute atomic E-state index is 0.115. The summed E-state index contributed by atoms with van der Waals surface area (Å²) in [7, 11) is 0. The summed E-state index contributed by atoms with van der Waals surface area (Å²) in [6.07, 6.45) is 7.95. The summed E-state index contributed by atoms with van der Waals surface area (Å²) in [5.74, 6) is 1.64. The smallest absolute Gasteiger partial charge is 0.222 e. The third-order valence-corrected chi connectivity index (χ3v) is 7.53. The Morgan fingerprint density at radius 3 is 2.63 bits per heavy atom. The van der Waals surface area contributed by atoms with Crippen molar-refractivity contribution >= 4 is 11.8 Å². The van der Waals surface area contributed by atoms with Crippen LogP contribution in [0.15, 0.2) is 30.3 Å². The summed E-state index contributed by atoms with van der Waals surface area (Å²) in [6, 6.07) is 11.0. The molecule has 5 heteroatoms. The highest BCUT2D eigenvalue weighted by molar-refractivity contribution is 5.77. The van der Waals surface area contributed by atoms with Gasteiger partial charge in [0.2, 0.25) is 11.8 Å². The van der Waals surface area contributed by atoms with Gasteiger partial charge in [-0.3, -0.25) is 14.5 Å². The lowest BCUT2D eigenvalue weighted by atomic mass is 9.69. The normalized spacial score (nSPS) is 28.6. The van der Waals surface area contributed by atoms with Crippen LogP contribution in [0, 0.1) is 11.8 Å². The van der Waals surface area contributed by atoms with Gasteiger partial charge in [0.15, 0.2) is 0 Å². The van der Waals surface area contributed by atoms with Crippen LogP contribution < -0.4 is 5.32 Å². The number of carbonyl (C=O) groups excluding carboxylic acids is 2. The number of hydrogen-bond donors (Lipinski definition) is 1. The second-order valence-corrected chi connectivity index (χ2v) is 9.36. The summed E-state index contributed by atoms with van der Waals surface area (Å²) in [5, 5.41) is 3.04. The first-order valence-electron chi connectivity index (χ1n) is 12.0. The monoisotopic (exact) mass is 411 g/mol. The predicted octanol–water partition coefficient (Wildman–Crippen LogP) is 3.58. The standard InChI is InChI=1S/C25H37N3O2/c1-2-24(30)28-18-20-11-7-15-27-16-8-12-21(25(20)27)22(28)13-6-14-23(29)26-17-19-9-4-3-5-10-19/h3-5,9-10,20-22,25H,2,6-8,11-18H2,1H3,(H,26,29)/t20-,21+,22+,25-/m0/s1. The fourth-order valence-electron chi connectivity index (χ4n) is 6.21. The highest BCUT2D eigenvalue weighted by Crippen LogP contribution is 2.43. The molecule has 4 atom stereocenters. The maximum atomic E-state index is 12.8. The number of likely N-dealkylation sites (tertiary alicyclic amines) is 1. The summed E-state index contributed by atoms with van der Waals surface area (Å²) in [5.41, 5.74) is 1.13. The Morgan fingerprint density at radius 1 is 1.10 bits per heavy atom. The Labute approximate surface area is 181 Å². The van der Waals surface area contributed by atoms with E-state index >= 15 is 0 Å². The molecule has 1 aromatic rings. The number of nitrogens with one attached hydrogen (secondary N) is 1. The van der Waals surface area contributed by atoms with E-state index in [0.717, 1.165) is 24.9 Å². The molecule has 0 saturated carbocycles. The van der Waals surface area contributed by atoms with E-state index in [1.807, 2.05) is 37.3 Å². The van der Waals surface area contributed by atoms with Crippen LogP contribution in [0.3, 0.4) is 0 Å².